The molecule has 0 aliphatic heterocycles. The fourth-order valence-corrected chi connectivity index (χ4v) is 4.54. The molecule has 0 saturated heterocycles. The lowest BCUT2D eigenvalue weighted by atomic mass is 10.2. The van der Waals surface area contributed by atoms with Crippen molar-refractivity contribution < 1.29 is 13.2 Å². The lowest BCUT2D eigenvalue weighted by Crippen LogP contribution is -2.12. The standard InChI is InChI=1S/C16H12Cl2N2O3S2/c1-23-11-3-5-12(6-4-11)25(21,22)20-16-19-15(9-24-16)13-7-2-10(17)8-14(13)18/h2-9H,1H3,(H,19,20). The zero-order chi connectivity index (χ0) is 18.0. The van der Waals surface area contributed by atoms with Gasteiger partial charge in [0.1, 0.15) is 5.75 Å². The van der Waals surface area contributed by atoms with E-state index in [1.807, 2.05) is 0 Å². The van der Waals surface area contributed by atoms with Gasteiger partial charge in [-0.3, -0.25) is 4.72 Å². The van der Waals surface area contributed by atoms with Gasteiger partial charge < -0.3 is 4.74 Å². The van der Waals surface area contributed by atoms with Crippen LogP contribution in [0.25, 0.3) is 11.3 Å². The summed E-state index contributed by atoms with van der Waals surface area (Å²) in [7, 11) is -2.22. The second kappa shape index (κ2) is 7.21. The molecule has 0 atom stereocenters. The highest BCUT2D eigenvalue weighted by molar-refractivity contribution is 7.93. The van der Waals surface area contributed by atoms with Crippen molar-refractivity contribution in [3.8, 4) is 17.0 Å². The van der Waals surface area contributed by atoms with Gasteiger partial charge >= 0.3 is 0 Å². The molecule has 9 heteroatoms. The Kier molecular flexibility index (Phi) is 5.19. The highest BCUT2D eigenvalue weighted by Crippen LogP contribution is 2.33. The molecule has 1 heterocycles. The lowest BCUT2D eigenvalue weighted by molar-refractivity contribution is 0.414. The van der Waals surface area contributed by atoms with E-state index in [4.69, 9.17) is 27.9 Å². The van der Waals surface area contributed by atoms with Crippen molar-refractivity contribution in [3.63, 3.8) is 0 Å². The van der Waals surface area contributed by atoms with Gasteiger partial charge in [-0.25, -0.2) is 13.4 Å². The van der Waals surface area contributed by atoms with Crippen molar-refractivity contribution in [2.24, 2.45) is 0 Å². The Morgan fingerprint density at radius 3 is 2.48 bits per heavy atom. The molecule has 0 fully saturated rings. The summed E-state index contributed by atoms with van der Waals surface area (Å²) in [4.78, 5) is 4.41. The minimum absolute atomic E-state index is 0.120. The molecule has 0 bridgehead atoms. The summed E-state index contributed by atoms with van der Waals surface area (Å²) in [6.07, 6.45) is 0. The SMILES string of the molecule is COc1ccc(S(=O)(=O)Nc2nc(-c3ccc(Cl)cc3Cl)cs2)cc1. The Labute approximate surface area is 159 Å². The summed E-state index contributed by atoms with van der Waals surface area (Å²) in [6, 6.07) is 11.1. The predicted molar refractivity (Wildman–Crippen MR) is 101 cm³/mol. The number of methoxy groups -OCH3 is 1. The van der Waals surface area contributed by atoms with Crippen molar-refractivity contribution >= 4 is 49.7 Å². The summed E-state index contributed by atoms with van der Waals surface area (Å²) in [6.45, 7) is 0. The average Bonchev–Trinajstić information content (AvgIpc) is 3.02. The van der Waals surface area contributed by atoms with Crippen LogP contribution in [0.3, 0.4) is 0 Å². The number of nitrogens with zero attached hydrogens (tertiary/aromatic N) is 1. The van der Waals surface area contributed by atoms with Gasteiger partial charge in [-0.2, -0.15) is 0 Å². The van der Waals surface area contributed by atoms with Gasteiger partial charge in [0.2, 0.25) is 0 Å². The summed E-state index contributed by atoms with van der Waals surface area (Å²) < 4.78 is 32.3. The van der Waals surface area contributed by atoms with Crippen LogP contribution in [0.1, 0.15) is 0 Å². The lowest BCUT2D eigenvalue weighted by Gasteiger charge is -2.06. The number of rotatable bonds is 5. The molecule has 2 aromatic carbocycles. The van der Waals surface area contributed by atoms with Crippen LogP contribution in [-0.4, -0.2) is 20.5 Å². The number of halogens is 2. The van der Waals surface area contributed by atoms with E-state index in [0.717, 1.165) is 0 Å². The van der Waals surface area contributed by atoms with Crippen LogP contribution >= 0.6 is 34.5 Å². The van der Waals surface area contributed by atoms with Gasteiger partial charge in [-0.15, -0.1) is 11.3 Å². The van der Waals surface area contributed by atoms with Crippen LogP contribution in [0.5, 0.6) is 5.75 Å². The smallest absolute Gasteiger partial charge is 0.263 e. The maximum absolute atomic E-state index is 12.4. The van der Waals surface area contributed by atoms with Crippen molar-refractivity contribution in [2.45, 2.75) is 4.90 Å². The molecule has 0 unspecified atom stereocenters. The van der Waals surface area contributed by atoms with Crippen molar-refractivity contribution in [3.05, 3.63) is 57.9 Å². The van der Waals surface area contributed by atoms with Crippen LogP contribution in [0.2, 0.25) is 10.0 Å². The maximum Gasteiger partial charge on any atom is 0.263 e. The third-order valence-electron chi connectivity index (χ3n) is 3.30. The van der Waals surface area contributed by atoms with Crippen molar-refractivity contribution in [2.75, 3.05) is 11.8 Å². The van der Waals surface area contributed by atoms with E-state index in [9.17, 15) is 8.42 Å². The normalized spacial score (nSPS) is 11.3. The number of benzene rings is 2. The first-order valence-corrected chi connectivity index (χ1v) is 10.1. The Morgan fingerprint density at radius 1 is 1.12 bits per heavy atom. The summed E-state index contributed by atoms with van der Waals surface area (Å²) >= 11 is 13.2. The molecular weight excluding hydrogens is 403 g/mol. The van der Waals surface area contributed by atoms with Gasteiger partial charge in [0.15, 0.2) is 5.13 Å². The predicted octanol–water partition coefficient (Wildman–Crippen LogP) is 4.93. The summed E-state index contributed by atoms with van der Waals surface area (Å²) in [5.41, 5.74) is 1.25. The van der Waals surface area contributed by atoms with E-state index >= 15 is 0 Å². The van der Waals surface area contributed by atoms with Crippen molar-refractivity contribution in [1.82, 2.24) is 4.98 Å². The molecule has 0 aliphatic rings. The van der Waals surface area contributed by atoms with E-state index in [2.05, 4.69) is 9.71 Å². The van der Waals surface area contributed by atoms with Crippen LogP contribution < -0.4 is 9.46 Å². The second-order valence-corrected chi connectivity index (χ2v) is 8.33. The Morgan fingerprint density at radius 2 is 1.84 bits per heavy atom. The molecule has 1 N–H and O–H groups in total. The van der Waals surface area contributed by atoms with Crippen molar-refractivity contribution in [1.29, 1.82) is 0 Å². The molecule has 1 aromatic heterocycles. The van der Waals surface area contributed by atoms with Gasteiger partial charge in [0.25, 0.3) is 10.0 Å². The van der Waals surface area contributed by atoms with Crippen LogP contribution in [0.15, 0.2) is 52.7 Å². The number of thiazole rings is 1. The number of nitrogens with one attached hydrogen (secondary N) is 1. The number of anilines is 1. The molecule has 25 heavy (non-hydrogen) atoms. The molecule has 0 saturated carbocycles. The second-order valence-electron chi connectivity index (χ2n) is 4.94. The van der Waals surface area contributed by atoms with Crippen LogP contribution in [0, 0.1) is 0 Å². The number of sulfonamides is 1. The van der Waals surface area contributed by atoms with E-state index in [-0.39, 0.29) is 10.0 Å². The maximum atomic E-state index is 12.4. The first-order chi connectivity index (χ1) is 11.9. The molecule has 130 valence electrons. The third kappa shape index (κ3) is 4.07. The monoisotopic (exact) mass is 414 g/mol. The molecule has 0 amide bonds. The topological polar surface area (TPSA) is 68.3 Å². The van der Waals surface area contributed by atoms with E-state index in [1.54, 1.807) is 35.7 Å². The number of hydrogen-bond acceptors (Lipinski definition) is 5. The third-order valence-corrected chi connectivity index (χ3v) is 6.09. The molecular formula is C16H12Cl2N2O3S2. The quantitative estimate of drug-likeness (QED) is 0.642. The first kappa shape index (κ1) is 18.0. The molecule has 5 nitrogen and oxygen atoms in total. The van der Waals surface area contributed by atoms with Gasteiger partial charge in [-0.1, -0.05) is 23.2 Å². The minimum Gasteiger partial charge on any atom is -0.497 e. The van der Waals surface area contributed by atoms with Crippen LogP contribution in [-0.2, 0) is 10.0 Å². The largest absolute Gasteiger partial charge is 0.497 e. The Balaban J connectivity index is 1.84. The van der Waals surface area contributed by atoms with Gasteiger partial charge in [0.05, 0.1) is 22.7 Å². The average molecular weight is 415 g/mol. The highest BCUT2D eigenvalue weighted by Gasteiger charge is 2.17. The van der Waals surface area contributed by atoms with E-state index < -0.39 is 10.0 Å². The van der Waals surface area contributed by atoms with E-state index in [0.29, 0.717) is 27.1 Å². The van der Waals surface area contributed by atoms with Gasteiger partial charge in [0, 0.05) is 16.0 Å². The fraction of sp³-hybridized carbons (Fsp3) is 0.0625. The zero-order valence-corrected chi connectivity index (χ0v) is 16.0. The molecule has 0 radical (unpaired) electrons. The highest BCUT2D eigenvalue weighted by atomic mass is 35.5. The Hall–Kier alpha value is -1.80. The summed E-state index contributed by atoms with van der Waals surface area (Å²) in [5, 5.41) is 2.93. The first-order valence-electron chi connectivity index (χ1n) is 6.97. The van der Waals surface area contributed by atoms with Gasteiger partial charge in [-0.05, 0) is 42.5 Å². The fourth-order valence-electron chi connectivity index (χ4n) is 2.07. The molecule has 0 spiro atoms. The number of hydrogen-bond donors (Lipinski definition) is 1. The van der Waals surface area contributed by atoms with E-state index in [1.165, 1.54) is 30.6 Å². The number of aromatic nitrogens is 1. The molecule has 0 aliphatic carbocycles. The minimum atomic E-state index is -3.74. The van der Waals surface area contributed by atoms with Crippen LogP contribution in [0.4, 0.5) is 5.13 Å². The summed E-state index contributed by atoms with van der Waals surface area (Å²) in [5.74, 6) is 0.577. The molecule has 3 aromatic rings. The molecule has 3 rings (SSSR count). The Bertz CT molecular complexity index is 1000. The zero-order valence-electron chi connectivity index (χ0n) is 12.9. The number of ether oxygens (including phenoxy) is 1.